The van der Waals surface area contributed by atoms with Crippen LogP contribution in [-0.2, 0) is 7.05 Å². The highest BCUT2D eigenvalue weighted by molar-refractivity contribution is 7.21. The van der Waals surface area contributed by atoms with Crippen LogP contribution >= 0.6 is 11.3 Å². The molecule has 0 aliphatic carbocycles. The van der Waals surface area contributed by atoms with E-state index < -0.39 is 0 Å². The standard InChI is InChI=1S/C20H18N4.C17H19N2S/c1-12-8-17-19(10-15(12)21)24(14-6-4-3-5-7-14)20-11-16(22)13(2)9-18(20)23-17;1-12-5-10-15-16(11-12)20-17(19(15)4)13-6-8-14(9-7-13)18(2)3/h3-11H,1-2H3,(H3,21,22);5-11H,1-4H3/q;+1/p+1. The van der Waals surface area contributed by atoms with Crippen LogP contribution in [0.5, 0.6) is 0 Å². The van der Waals surface area contributed by atoms with Crippen molar-refractivity contribution in [3.05, 3.63) is 114 Å². The van der Waals surface area contributed by atoms with E-state index in [-0.39, 0.29) is 0 Å². The molecular weight excluding hydrogens is 561 g/mol. The van der Waals surface area contributed by atoms with E-state index in [4.69, 9.17) is 16.5 Å². The molecule has 0 radical (unpaired) electrons. The molecule has 6 nitrogen and oxygen atoms in total. The molecule has 5 aromatic carbocycles. The van der Waals surface area contributed by atoms with Crippen LogP contribution in [0, 0.1) is 20.8 Å². The van der Waals surface area contributed by atoms with Crippen molar-refractivity contribution in [2.75, 3.05) is 30.5 Å². The third kappa shape index (κ3) is 5.42. The number of nitrogen functional groups attached to an aromatic ring is 2. The predicted octanol–water partition coefficient (Wildman–Crippen LogP) is 7.21. The van der Waals surface area contributed by atoms with Crippen LogP contribution in [0.15, 0.2) is 97.1 Å². The molecule has 44 heavy (non-hydrogen) atoms. The van der Waals surface area contributed by atoms with Crippen LogP contribution < -0.4 is 25.5 Å². The Balaban J connectivity index is 0.000000159. The van der Waals surface area contributed by atoms with Crippen LogP contribution in [0.3, 0.4) is 0 Å². The van der Waals surface area contributed by atoms with Gasteiger partial charge < -0.3 is 16.4 Å². The number of hydrogen-bond donors (Lipinski definition) is 2. The van der Waals surface area contributed by atoms with Crippen LogP contribution in [0.4, 0.5) is 17.1 Å². The molecule has 0 saturated carbocycles. The number of benzene rings is 5. The maximum Gasteiger partial charge on any atom is 0.269 e. The first-order valence-electron chi connectivity index (χ1n) is 14.6. The summed E-state index contributed by atoms with van der Waals surface area (Å²) in [5.74, 6) is 0. The van der Waals surface area contributed by atoms with Gasteiger partial charge in [0.25, 0.3) is 5.01 Å². The lowest BCUT2D eigenvalue weighted by Gasteiger charge is -2.11. The number of aryl methyl sites for hydroxylation is 4. The van der Waals surface area contributed by atoms with Crippen LogP contribution in [-0.4, -0.2) is 19.1 Å². The van der Waals surface area contributed by atoms with E-state index in [0.717, 1.165) is 50.3 Å². The van der Waals surface area contributed by atoms with Gasteiger partial charge in [-0.1, -0.05) is 35.6 Å². The normalized spacial score (nSPS) is 11.1. The zero-order valence-corrected chi connectivity index (χ0v) is 26.9. The van der Waals surface area contributed by atoms with E-state index in [2.05, 4.69) is 96.7 Å². The van der Waals surface area contributed by atoms with Gasteiger partial charge in [0.05, 0.1) is 5.56 Å². The molecule has 0 fully saturated rings. The van der Waals surface area contributed by atoms with Crippen LogP contribution in [0.2, 0.25) is 0 Å². The second-order valence-electron chi connectivity index (χ2n) is 11.6. The topological polar surface area (TPSA) is 75.9 Å². The highest BCUT2D eigenvalue weighted by Gasteiger charge is 2.21. The van der Waals surface area contributed by atoms with Crippen molar-refractivity contribution in [2.24, 2.45) is 7.05 Å². The van der Waals surface area contributed by atoms with Gasteiger partial charge in [-0.25, -0.2) is 4.98 Å². The molecule has 0 saturated heterocycles. The van der Waals surface area contributed by atoms with Gasteiger partial charge in [0, 0.05) is 61.5 Å². The van der Waals surface area contributed by atoms with Gasteiger partial charge in [-0.2, -0.15) is 4.57 Å². The molecule has 0 amide bonds. The Morgan fingerprint density at radius 3 is 1.84 bits per heavy atom. The molecule has 4 N–H and O–H groups in total. The van der Waals surface area contributed by atoms with Gasteiger partial charge in [-0.3, -0.25) is 0 Å². The van der Waals surface area contributed by atoms with Crippen LogP contribution in [0.25, 0.3) is 48.5 Å². The maximum absolute atomic E-state index is 6.17. The average molecular weight is 599 g/mol. The Hall–Kier alpha value is -5.01. The zero-order chi connectivity index (χ0) is 31.1. The number of nitrogens with zero attached hydrogens (tertiary/aromatic N) is 4. The molecule has 0 unspecified atom stereocenters. The molecule has 0 atom stereocenters. The minimum atomic E-state index is 0.758. The summed E-state index contributed by atoms with van der Waals surface area (Å²) in [6.07, 6.45) is 0. The van der Waals surface area contributed by atoms with Crippen LogP contribution in [0.1, 0.15) is 16.7 Å². The van der Waals surface area contributed by atoms with Gasteiger partial charge in [-0.15, -0.1) is 4.57 Å². The van der Waals surface area contributed by atoms with Gasteiger partial charge in [0.15, 0.2) is 0 Å². The molecule has 2 heterocycles. The number of thiazole rings is 1. The van der Waals surface area contributed by atoms with Crippen molar-refractivity contribution < 1.29 is 9.13 Å². The summed E-state index contributed by atoms with van der Waals surface area (Å²) >= 11 is 1.85. The molecule has 0 aliphatic heterocycles. The Bertz CT molecular complexity index is 2080. The molecule has 220 valence electrons. The Labute approximate surface area is 262 Å². The van der Waals surface area contributed by atoms with E-state index in [1.54, 1.807) is 0 Å². The SMILES string of the molecule is Cc1cc2nc3cc(C)c(N)cc3[n+](-c3ccccc3)c2cc1N.Cc1ccc2c(c1)sc(-c1ccc(N(C)C)cc1)[n+]2C. The largest absolute Gasteiger partial charge is 0.398 e. The molecule has 0 bridgehead atoms. The summed E-state index contributed by atoms with van der Waals surface area (Å²) in [4.78, 5) is 6.96. The maximum atomic E-state index is 6.17. The van der Waals surface area contributed by atoms with Gasteiger partial charge in [0.2, 0.25) is 22.2 Å². The third-order valence-corrected chi connectivity index (χ3v) is 9.33. The van der Waals surface area contributed by atoms with Gasteiger partial charge in [-0.05, 0) is 79.9 Å². The molecule has 0 spiro atoms. The Morgan fingerprint density at radius 1 is 0.682 bits per heavy atom. The van der Waals surface area contributed by atoms with E-state index >= 15 is 0 Å². The second kappa shape index (κ2) is 11.6. The molecule has 7 aromatic rings. The number of para-hydroxylation sites is 1. The van der Waals surface area contributed by atoms with E-state index in [1.165, 1.54) is 32.0 Å². The lowest BCUT2D eigenvalue weighted by molar-refractivity contribution is -0.629. The van der Waals surface area contributed by atoms with E-state index in [9.17, 15) is 0 Å². The first kappa shape index (κ1) is 29.1. The van der Waals surface area contributed by atoms with Crippen molar-refractivity contribution >= 4 is 60.7 Å². The monoisotopic (exact) mass is 598 g/mol. The lowest BCUT2D eigenvalue weighted by atomic mass is 10.1. The summed E-state index contributed by atoms with van der Waals surface area (Å²) in [5.41, 5.74) is 25.9. The lowest BCUT2D eigenvalue weighted by Crippen LogP contribution is -2.33. The summed E-state index contributed by atoms with van der Waals surface area (Å²) in [5, 5.41) is 1.30. The Kier molecular flexibility index (Phi) is 7.66. The van der Waals surface area contributed by atoms with Crippen molar-refractivity contribution in [1.29, 1.82) is 0 Å². The predicted molar refractivity (Wildman–Crippen MR) is 187 cm³/mol. The number of fused-ring (bicyclic) bond motifs is 3. The summed E-state index contributed by atoms with van der Waals surface area (Å²) in [6, 6.07) is 33.6. The van der Waals surface area contributed by atoms with E-state index in [1.807, 2.05) is 67.6 Å². The minimum absolute atomic E-state index is 0.758. The fraction of sp³-hybridized carbons (Fsp3) is 0.162. The molecule has 7 heteroatoms. The average Bonchev–Trinajstić information content (AvgIpc) is 3.33. The minimum Gasteiger partial charge on any atom is -0.398 e. The van der Waals surface area contributed by atoms with Gasteiger partial charge in [0.1, 0.15) is 22.8 Å². The number of nitrogens with two attached hydrogens (primary N) is 2. The van der Waals surface area contributed by atoms with Crippen molar-refractivity contribution in [1.82, 2.24) is 4.98 Å². The first-order chi connectivity index (χ1) is 21.1. The molecule has 2 aromatic heterocycles. The third-order valence-electron chi connectivity index (χ3n) is 8.08. The fourth-order valence-corrected chi connectivity index (χ4v) is 6.72. The van der Waals surface area contributed by atoms with Crippen molar-refractivity contribution in [3.63, 3.8) is 0 Å². The summed E-state index contributed by atoms with van der Waals surface area (Å²) in [6.45, 7) is 6.15. The fourth-order valence-electron chi connectivity index (χ4n) is 5.46. The highest BCUT2D eigenvalue weighted by atomic mass is 32.1. The van der Waals surface area contributed by atoms with Gasteiger partial charge >= 0.3 is 0 Å². The highest BCUT2D eigenvalue weighted by Crippen LogP contribution is 2.30. The Morgan fingerprint density at radius 2 is 1.27 bits per heavy atom. The number of aromatic nitrogens is 3. The zero-order valence-electron chi connectivity index (χ0n) is 26.1. The summed E-state index contributed by atoms with van der Waals surface area (Å²) < 4.78 is 5.80. The second-order valence-corrected chi connectivity index (χ2v) is 12.6. The van der Waals surface area contributed by atoms with E-state index in [0.29, 0.717) is 0 Å². The molecular formula is C37H38N6S+2. The number of anilines is 3. The summed E-state index contributed by atoms with van der Waals surface area (Å²) in [7, 11) is 6.28. The molecule has 0 aliphatic rings. The first-order valence-corrected chi connectivity index (χ1v) is 15.5. The number of rotatable bonds is 3. The smallest absolute Gasteiger partial charge is 0.269 e. The van der Waals surface area contributed by atoms with Crippen molar-refractivity contribution in [3.8, 4) is 16.3 Å². The molecule has 7 rings (SSSR count). The quantitative estimate of drug-likeness (QED) is 0.128. The number of hydrogen-bond acceptors (Lipinski definition) is 5. The van der Waals surface area contributed by atoms with Crippen molar-refractivity contribution in [2.45, 2.75) is 20.8 Å².